The van der Waals surface area contributed by atoms with Crippen molar-refractivity contribution in [3.8, 4) is 0 Å². The maximum Gasteiger partial charge on any atom is 0.255 e. The van der Waals surface area contributed by atoms with Gasteiger partial charge in [-0.3, -0.25) is 14.6 Å². The second-order valence-electron chi connectivity index (χ2n) is 5.66. The number of aromatic nitrogens is 1. The Morgan fingerprint density at radius 2 is 1.85 bits per heavy atom. The van der Waals surface area contributed by atoms with E-state index in [9.17, 15) is 14.0 Å². The molecule has 2 aromatic carbocycles. The number of carbonyl (C=O) groups is 2. The van der Waals surface area contributed by atoms with Gasteiger partial charge >= 0.3 is 0 Å². The van der Waals surface area contributed by atoms with Gasteiger partial charge in [0, 0.05) is 17.4 Å². The lowest BCUT2D eigenvalue weighted by Gasteiger charge is -2.09. The van der Waals surface area contributed by atoms with Crippen LogP contribution in [0.15, 0.2) is 66.9 Å². The Balaban J connectivity index is 1.66. The molecule has 0 aliphatic heterocycles. The van der Waals surface area contributed by atoms with E-state index in [0.29, 0.717) is 5.69 Å². The summed E-state index contributed by atoms with van der Waals surface area (Å²) in [6.07, 6.45) is 1.64. The third-order valence-electron chi connectivity index (χ3n) is 3.71. The van der Waals surface area contributed by atoms with E-state index in [-0.39, 0.29) is 28.6 Å². The Bertz CT molecular complexity index is 980. The number of carbonyl (C=O) groups excluding carboxylic acids is 2. The highest BCUT2D eigenvalue weighted by Gasteiger charge is 2.13. The van der Waals surface area contributed by atoms with Crippen LogP contribution in [0.4, 0.5) is 10.1 Å². The molecule has 136 valence electrons. The van der Waals surface area contributed by atoms with Gasteiger partial charge in [-0.1, -0.05) is 23.7 Å². The second-order valence-corrected chi connectivity index (χ2v) is 6.07. The number of hydrogen-bond acceptors (Lipinski definition) is 3. The largest absolute Gasteiger partial charge is 0.346 e. The average molecular weight is 384 g/mol. The molecule has 2 amide bonds. The Hall–Kier alpha value is -3.25. The van der Waals surface area contributed by atoms with Crippen molar-refractivity contribution < 1.29 is 14.0 Å². The van der Waals surface area contributed by atoms with Crippen molar-refractivity contribution in [1.29, 1.82) is 0 Å². The molecule has 3 rings (SSSR count). The highest BCUT2D eigenvalue weighted by molar-refractivity contribution is 6.34. The summed E-state index contributed by atoms with van der Waals surface area (Å²) in [5, 5.41) is 5.54. The van der Waals surface area contributed by atoms with Crippen LogP contribution in [0.5, 0.6) is 0 Å². The first kappa shape index (κ1) is 18.5. The minimum absolute atomic E-state index is 0.184. The molecule has 0 saturated carbocycles. The molecule has 27 heavy (non-hydrogen) atoms. The topological polar surface area (TPSA) is 71.1 Å². The molecule has 3 aromatic rings. The van der Waals surface area contributed by atoms with Gasteiger partial charge in [0.25, 0.3) is 11.8 Å². The monoisotopic (exact) mass is 383 g/mol. The van der Waals surface area contributed by atoms with Crippen molar-refractivity contribution in [2.24, 2.45) is 0 Å². The van der Waals surface area contributed by atoms with Crippen molar-refractivity contribution >= 4 is 29.1 Å². The van der Waals surface area contributed by atoms with Crippen molar-refractivity contribution in [2.75, 3.05) is 5.32 Å². The number of nitrogens with one attached hydrogen (secondary N) is 2. The van der Waals surface area contributed by atoms with E-state index in [1.165, 1.54) is 30.3 Å². The van der Waals surface area contributed by atoms with Crippen LogP contribution in [0.2, 0.25) is 5.02 Å². The summed E-state index contributed by atoms with van der Waals surface area (Å²) in [6, 6.07) is 15.3. The lowest BCUT2D eigenvalue weighted by atomic mass is 10.1. The molecular formula is C20H15ClFN3O2. The molecule has 5 nitrogen and oxygen atoms in total. The van der Waals surface area contributed by atoms with Crippen LogP contribution in [0.25, 0.3) is 0 Å². The van der Waals surface area contributed by atoms with Crippen molar-refractivity contribution in [2.45, 2.75) is 6.54 Å². The Labute approximate surface area is 160 Å². The minimum Gasteiger partial charge on any atom is -0.346 e. The molecule has 0 spiro atoms. The van der Waals surface area contributed by atoms with Gasteiger partial charge in [0.15, 0.2) is 0 Å². The summed E-state index contributed by atoms with van der Waals surface area (Å²) in [5.74, 6) is -1.33. The first-order valence-corrected chi connectivity index (χ1v) is 8.45. The number of halogens is 2. The fourth-order valence-electron chi connectivity index (χ4n) is 2.38. The molecule has 0 atom stereocenters. The summed E-state index contributed by atoms with van der Waals surface area (Å²) in [6.45, 7) is 0.272. The van der Waals surface area contributed by atoms with E-state index >= 15 is 0 Å². The fourth-order valence-corrected chi connectivity index (χ4v) is 2.65. The summed E-state index contributed by atoms with van der Waals surface area (Å²) in [4.78, 5) is 28.6. The van der Waals surface area contributed by atoms with Crippen LogP contribution in [-0.2, 0) is 6.54 Å². The van der Waals surface area contributed by atoms with Gasteiger partial charge in [-0.25, -0.2) is 4.39 Å². The first-order valence-electron chi connectivity index (χ1n) is 8.07. The number of amides is 2. The number of benzene rings is 2. The molecule has 0 unspecified atom stereocenters. The zero-order valence-electron chi connectivity index (χ0n) is 14.1. The summed E-state index contributed by atoms with van der Waals surface area (Å²) < 4.78 is 13.2. The molecule has 0 aliphatic rings. The molecule has 0 aliphatic carbocycles. The van der Waals surface area contributed by atoms with E-state index < -0.39 is 11.7 Å². The van der Waals surface area contributed by atoms with Crippen LogP contribution in [0.3, 0.4) is 0 Å². The first-order chi connectivity index (χ1) is 13.0. The quantitative estimate of drug-likeness (QED) is 0.698. The normalized spacial score (nSPS) is 10.3. The zero-order valence-corrected chi connectivity index (χ0v) is 14.8. The van der Waals surface area contributed by atoms with Crippen LogP contribution >= 0.6 is 11.6 Å². The van der Waals surface area contributed by atoms with E-state index in [1.807, 2.05) is 6.07 Å². The standard InChI is InChI=1S/C20H15ClFN3O2/c21-18-11-15(25-19(26)13-4-3-5-14(22)10-13)7-8-17(18)20(27)24-12-16-6-1-2-9-23-16/h1-11H,12H2,(H,24,27)(H,25,26). The molecule has 2 N–H and O–H groups in total. The number of anilines is 1. The van der Waals surface area contributed by atoms with Gasteiger partial charge in [0.05, 0.1) is 22.8 Å². The predicted molar refractivity (Wildman–Crippen MR) is 101 cm³/mol. The Morgan fingerprint density at radius 1 is 1.00 bits per heavy atom. The van der Waals surface area contributed by atoms with Gasteiger partial charge in [-0.05, 0) is 48.5 Å². The van der Waals surface area contributed by atoms with Crippen LogP contribution in [-0.4, -0.2) is 16.8 Å². The van der Waals surface area contributed by atoms with Crippen LogP contribution in [0, 0.1) is 5.82 Å². The van der Waals surface area contributed by atoms with E-state index in [1.54, 1.807) is 24.4 Å². The van der Waals surface area contributed by atoms with Crippen molar-refractivity contribution in [1.82, 2.24) is 10.3 Å². The average Bonchev–Trinajstić information content (AvgIpc) is 2.67. The number of nitrogens with zero attached hydrogens (tertiary/aromatic N) is 1. The van der Waals surface area contributed by atoms with E-state index in [4.69, 9.17) is 11.6 Å². The number of hydrogen-bond donors (Lipinski definition) is 2. The Kier molecular flexibility index (Phi) is 5.78. The molecule has 1 aromatic heterocycles. The molecule has 0 radical (unpaired) electrons. The highest BCUT2D eigenvalue weighted by atomic mass is 35.5. The SMILES string of the molecule is O=C(Nc1ccc(C(=O)NCc2ccccn2)c(Cl)c1)c1cccc(F)c1. The maximum atomic E-state index is 13.2. The summed E-state index contributed by atoms with van der Waals surface area (Å²) in [7, 11) is 0. The maximum absolute atomic E-state index is 13.2. The molecular weight excluding hydrogens is 369 g/mol. The second kappa shape index (κ2) is 8.42. The third kappa shape index (κ3) is 4.89. The third-order valence-corrected chi connectivity index (χ3v) is 4.03. The zero-order chi connectivity index (χ0) is 19.2. The van der Waals surface area contributed by atoms with Crippen molar-refractivity contribution in [3.63, 3.8) is 0 Å². The Morgan fingerprint density at radius 3 is 2.56 bits per heavy atom. The predicted octanol–water partition coefficient (Wildman–Crippen LogP) is 4.06. The van der Waals surface area contributed by atoms with E-state index in [2.05, 4.69) is 15.6 Å². The summed E-state index contributed by atoms with van der Waals surface area (Å²) >= 11 is 6.17. The molecule has 0 saturated heterocycles. The lowest BCUT2D eigenvalue weighted by Crippen LogP contribution is -2.23. The molecule has 1 heterocycles. The van der Waals surface area contributed by atoms with Gasteiger partial charge < -0.3 is 10.6 Å². The van der Waals surface area contributed by atoms with Gasteiger partial charge in [0.1, 0.15) is 5.82 Å². The van der Waals surface area contributed by atoms with Gasteiger partial charge in [0.2, 0.25) is 0 Å². The van der Waals surface area contributed by atoms with Gasteiger partial charge in [-0.2, -0.15) is 0 Å². The lowest BCUT2D eigenvalue weighted by molar-refractivity contribution is 0.0950. The molecule has 0 bridgehead atoms. The summed E-state index contributed by atoms with van der Waals surface area (Å²) in [5.41, 5.74) is 1.58. The number of rotatable bonds is 5. The smallest absolute Gasteiger partial charge is 0.255 e. The fraction of sp³-hybridized carbons (Fsp3) is 0.0500. The van der Waals surface area contributed by atoms with Crippen LogP contribution < -0.4 is 10.6 Å². The number of pyridine rings is 1. The van der Waals surface area contributed by atoms with Crippen molar-refractivity contribution in [3.05, 3.63) is 94.5 Å². The highest BCUT2D eigenvalue weighted by Crippen LogP contribution is 2.22. The molecule has 7 heteroatoms. The van der Waals surface area contributed by atoms with E-state index in [0.717, 1.165) is 11.8 Å². The van der Waals surface area contributed by atoms with Crippen LogP contribution in [0.1, 0.15) is 26.4 Å². The minimum atomic E-state index is -0.499. The van der Waals surface area contributed by atoms with Gasteiger partial charge in [-0.15, -0.1) is 0 Å². The molecule has 0 fully saturated rings.